The highest BCUT2D eigenvalue weighted by molar-refractivity contribution is 5.04. The maximum absolute atomic E-state index is 2.55. The van der Waals surface area contributed by atoms with Gasteiger partial charge in [-0.25, -0.2) is 0 Å². The number of hydrogen-bond donors (Lipinski definition) is 0. The van der Waals surface area contributed by atoms with E-state index in [1.165, 1.54) is 6.42 Å². The van der Waals surface area contributed by atoms with E-state index in [1.807, 2.05) is 0 Å². The highest BCUT2D eigenvalue weighted by atomic mass is 14.6. The van der Waals surface area contributed by atoms with Crippen LogP contribution < -0.4 is 0 Å². The van der Waals surface area contributed by atoms with Gasteiger partial charge in [0.1, 0.15) is 0 Å². The highest BCUT2D eigenvalue weighted by Crippen LogP contribution is 2.62. The van der Waals surface area contributed by atoms with E-state index in [2.05, 4.69) is 20.8 Å². The van der Waals surface area contributed by atoms with Gasteiger partial charge in [0.25, 0.3) is 0 Å². The molecule has 0 spiro atoms. The Labute approximate surface area is 88.5 Å². The summed E-state index contributed by atoms with van der Waals surface area (Å²) in [7, 11) is 0. The van der Waals surface area contributed by atoms with Crippen LogP contribution in [0.25, 0.3) is 0 Å². The molecule has 0 heteroatoms. The average molecular weight is 192 g/mol. The average Bonchev–Trinajstić information content (AvgIpc) is 2.27. The van der Waals surface area contributed by atoms with Crippen LogP contribution in [0.5, 0.6) is 0 Å². The number of hydrogen-bond acceptors (Lipinski definition) is 0. The Hall–Kier alpha value is 0. The molecule has 0 bridgehead atoms. The van der Waals surface area contributed by atoms with Crippen molar-refractivity contribution in [2.75, 3.05) is 0 Å². The van der Waals surface area contributed by atoms with Crippen LogP contribution in [0.1, 0.15) is 46.5 Å². The first kappa shape index (κ1) is 9.24. The molecule has 0 heterocycles. The zero-order chi connectivity index (χ0) is 9.87. The van der Waals surface area contributed by atoms with Gasteiger partial charge in [-0.3, -0.25) is 0 Å². The van der Waals surface area contributed by atoms with E-state index in [9.17, 15) is 0 Å². The monoisotopic (exact) mass is 192 g/mol. The molecule has 3 saturated carbocycles. The van der Waals surface area contributed by atoms with E-state index in [0.29, 0.717) is 0 Å². The third kappa shape index (κ3) is 1.01. The van der Waals surface area contributed by atoms with Gasteiger partial charge in [0.05, 0.1) is 0 Å². The van der Waals surface area contributed by atoms with Crippen molar-refractivity contribution in [2.24, 2.45) is 41.4 Å². The molecule has 0 nitrogen and oxygen atoms in total. The van der Waals surface area contributed by atoms with Gasteiger partial charge in [0.15, 0.2) is 0 Å². The van der Waals surface area contributed by atoms with E-state index in [-0.39, 0.29) is 0 Å². The van der Waals surface area contributed by atoms with Crippen molar-refractivity contribution >= 4 is 0 Å². The predicted molar refractivity (Wildman–Crippen MR) is 59.9 cm³/mol. The van der Waals surface area contributed by atoms with Crippen molar-refractivity contribution in [3.05, 3.63) is 0 Å². The lowest BCUT2D eigenvalue weighted by Gasteiger charge is -2.40. The molecule has 3 aliphatic carbocycles. The molecule has 7 atom stereocenters. The summed E-state index contributed by atoms with van der Waals surface area (Å²) in [5.41, 5.74) is 0. The van der Waals surface area contributed by atoms with E-state index in [4.69, 9.17) is 0 Å². The second-order valence-electron chi connectivity index (χ2n) is 6.42. The maximum Gasteiger partial charge on any atom is -0.0326 e. The summed E-state index contributed by atoms with van der Waals surface area (Å²) in [5, 5.41) is 0. The molecule has 0 amide bonds. The van der Waals surface area contributed by atoms with Crippen molar-refractivity contribution in [2.45, 2.75) is 46.5 Å². The molecule has 3 fully saturated rings. The van der Waals surface area contributed by atoms with Gasteiger partial charge in [-0.15, -0.1) is 0 Å². The van der Waals surface area contributed by atoms with Gasteiger partial charge in [-0.1, -0.05) is 27.2 Å². The Bertz CT molecular complexity index is 228. The molecular formula is C14H24. The van der Waals surface area contributed by atoms with Crippen LogP contribution in [-0.2, 0) is 0 Å². The number of fused-ring (bicyclic) bond motifs is 3. The van der Waals surface area contributed by atoms with Gasteiger partial charge in [0, 0.05) is 0 Å². The first-order valence-corrected chi connectivity index (χ1v) is 6.70. The van der Waals surface area contributed by atoms with Gasteiger partial charge in [0.2, 0.25) is 0 Å². The minimum atomic E-state index is 0.996. The van der Waals surface area contributed by atoms with Crippen LogP contribution in [0.3, 0.4) is 0 Å². The topological polar surface area (TPSA) is 0 Å². The number of rotatable bonds is 0. The molecule has 3 rings (SSSR count). The standard InChI is InChI=1S/C14H24/c1-8-4-5-13-12-7-6-11(12)10(3)14(13)9(8)2/h8-14H,4-7H2,1-3H3. The summed E-state index contributed by atoms with van der Waals surface area (Å²) < 4.78 is 0. The minimum absolute atomic E-state index is 0.996. The lowest BCUT2D eigenvalue weighted by Crippen LogP contribution is -2.33. The first-order chi connectivity index (χ1) is 6.70. The molecule has 0 aromatic carbocycles. The summed E-state index contributed by atoms with van der Waals surface area (Å²) in [5.74, 6) is 7.58. The molecule has 3 aliphatic rings. The van der Waals surface area contributed by atoms with Gasteiger partial charge < -0.3 is 0 Å². The predicted octanol–water partition coefficient (Wildman–Crippen LogP) is 3.96. The molecular weight excluding hydrogens is 168 g/mol. The Morgan fingerprint density at radius 1 is 0.643 bits per heavy atom. The Morgan fingerprint density at radius 3 is 1.93 bits per heavy atom. The summed E-state index contributed by atoms with van der Waals surface area (Å²) in [6.45, 7) is 7.56. The third-order valence-electron chi connectivity index (χ3n) is 6.17. The van der Waals surface area contributed by atoms with E-state index >= 15 is 0 Å². The molecule has 0 aromatic heterocycles. The lowest BCUT2D eigenvalue weighted by molar-refractivity contribution is 0.0896. The van der Waals surface area contributed by atoms with Gasteiger partial charge >= 0.3 is 0 Å². The second kappa shape index (κ2) is 3.00. The minimum Gasteiger partial charge on any atom is -0.0622 e. The molecule has 80 valence electrons. The van der Waals surface area contributed by atoms with Gasteiger partial charge in [-0.05, 0) is 60.7 Å². The van der Waals surface area contributed by atoms with E-state index in [0.717, 1.165) is 41.4 Å². The Morgan fingerprint density at radius 2 is 1.29 bits per heavy atom. The van der Waals surface area contributed by atoms with Crippen LogP contribution in [0.15, 0.2) is 0 Å². The Kier molecular flexibility index (Phi) is 1.98. The SMILES string of the molecule is CC1CCC2C3CCC3C(C)C2C1C. The van der Waals surface area contributed by atoms with Crippen molar-refractivity contribution in [1.82, 2.24) is 0 Å². The quantitative estimate of drug-likeness (QED) is 0.545. The summed E-state index contributed by atoms with van der Waals surface area (Å²) in [4.78, 5) is 0. The third-order valence-corrected chi connectivity index (χ3v) is 6.17. The zero-order valence-electron chi connectivity index (χ0n) is 9.87. The second-order valence-corrected chi connectivity index (χ2v) is 6.42. The van der Waals surface area contributed by atoms with Crippen LogP contribution in [-0.4, -0.2) is 0 Å². The molecule has 7 unspecified atom stereocenters. The fourth-order valence-corrected chi connectivity index (χ4v) is 5.07. The van der Waals surface area contributed by atoms with E-state index < -0.39 is 0 Å². The fraction of sp³-hybridized carbons (Fsp3) is 1.00. The largest absolute Gasteiger partial charge is 0.0622 e. The Balaban J connectivity index is 1.86. The summed E-state index contributed by atoms with van der Waals surface area (Å²) in [6, 6.07) is 0. The summed E-state index contributed by atoms with van der Waals surface area (Å²) >= 11 is 0. The maximum atomic E-state index is 2.55. The molecule has 14 heavy (non-hydrogen) atoms. The molecule has 0 aliphatic heterocycles. The first-order valence-electron chi connectivity index (χ1n) is 6.70. The van der Waals surface area contributed by atoms with Crippen LogP contribution in [0.4, 0.5) is 0 Å². The smallest absolute Gasteiger partial charge is 0.0326 e. The highest BCUT2D eigenvalue weighted by Gasteiger charge is 2.55. The lowest BCUT2D eigenvalue weighted by atomic mass is 9.65. The normalized spacial score (nSPS) is 61.5. The van der Waals surface area contributed by atoms with E-state index in [1.54, 1.807) is 19.3 Å². The molecule has 0 radical (unpaired) electrons. The van der Waals surface area contributed by atoms with Gasteiger partial charge in [-0.2, -0.15) is 0 Å². The fourth-order valence-electron chi connectivity index (χ4n) is 5.07. The van der Waals surface area contributed by atoms with Crippen molar-refractivity contribution in [3.8, 4) is 0 Å². The van der Waals surface area contributed by atoms with Crippen LogP contribution in [0, 0.1) is 41.4 Å². The van der Waals surface area contributed by atoms with Crippen molar-refractivity contribution in [1.29, 1.82) is 0 Å². The molecule has 0 N–H and O–H groups in total. The zero-order valence-corrected chi connectivity index (χ0v) is 9.87. The molecule has 0 saturated heterocycles. The molecule has 0 aromatic rings. The van der Waals surface area contributed by atoms with Crippen LogP contribution >= 0.6 is 0 Å². The van der Waals surface area contributed by atoms with Crippen molar-refractivity contribution < 1.29 is 0 Å². The van der Waals surface area contributed by atoms with Crippen LogP contribution in [0.2, 0.25) is 0 Å². The summed E-state index contributed by atoms with van der Waals surface area (Å²) in [6.07, 6.45) is 6.19. The van der Waals surface area contributed by atoms with Crippen molar-refractivity contribution in [3.63, 3.8) is 0 Å².